The number of carbonyl (C=O) groups is 2. The standard InChI is InChI=1S/C23H33NO4/c1-8-20(15(2)3)21(16(4)5)18-9-11-19(12-10-18)24-23(26)28-14-13-27-22(25)17(6)7/h9-12,15-16H,6,8,13-14H2,1-5,7H3,(H,24,26)/b21-20-. The topological polar surface area (TPSA) is 64.6 Å². The van der Waals surface area contributed by atoms with Crippen molar-refractivity contribution in [2.75, 3.05) is 18.5 Å². The molecular weight excluding hydrogens is 354 g/mol. The summed E-state index contributed by atoms with van der Waals surface area (Å²) in [5.74, 6) is 0.415. The van der Waals surface area contributed by atoms with Gasteiger partial charge < -0.3 is 9.47 Å². The molecule has 1 rings (SSSR count). The minimum Gasteiger partial charge on any atom is -0.459 e. The summed E-state index contributed by atoms with van der Waals surface area (Å²) in [6, 6.07) is 7.79. The van der Waals surface area contributed by atoms with E-state index in [0.717, 1.165) is 6.42 Å². The molecule has 0 aromatic heterocycles. The summed E-state index contributed by atoms with van der Waals surface area (Å²) in [5, 5.41) is 2.68. The molecule has 28 heavy (non-hydrogen) atoms. The van der Waals surface area contributed by atoms with E-state index >= 15 is 0 Å². The summed E-state index contributed by atoms with van der Waals surface area (Å²) < 4.78 is 9.89. The predicted molar refractivity (Wildman–Crippen MR) is 114 cm³/mol. The SMILES string of the molecule is C=C(C)C(=O)OCCOC(=O)Nc1ccc(/C(=C(/CC)C(C)C)C(C)C)cc1. The molecule has 1 N–H and O–H groups in total. The molecule has 0 atom stereocenters. The number of ether oxygens (including phenoxy) is 2. The van der Waals surface area contributed by atoms with Gasteiger partial charge in [0.05, 0.1) is 0 Å². The minimum absolute atomic E-state index is 0.00437. The van der Waals surface area contributed by atoms with Crippen molar-refractivity contribution in [3.05, 3.63) is 47.6 Å². The van der Waals surface area contributed by atoms with Crippen LogP contribution in [0, 0.1) is 11.8 Å². The number of rotatable bonds is 9. The van der Waals surface area contributed by atoms with Gasteiger partial charge >= 0.3 is 12.1 Å². The van der Waals surface area contributed by atoms with Crippen LogP contribution in [-0.2, 0) is 14.3 Å². The molecular formula is C23H33NO4. The van der Waals surface area contributed by atoms with Gasteiger partial charge in [0.15, 0.2) is 0 Å². The highest BCUT2D eigenvalue weighted by molar-refractivity contribution is 5.87. The first-order chi connectivity index (χ1) is 13.2. The van der Waals surface area contributed by atoms with Crippen LogP contribution in [0.15, 0.2) is 42.0 Å². The first-order valence-corrected chi connectivity index (χ1v) is 9.77. The second-order valence-corrected chi connectivity index (χ2v) is 7.36. The van der Waals surface area contributed by atoms with E-state index in [4.69, 9.17) is 9.47 Å². The molecule has 0 heterocycles. The van der Waals surface area contributed by atoms with Crippen LogP contribution in [0.2, 0.25) is 0 Å². The van der Waals surface area contributed by atoms with E-state index in [1.165, 1.54) is 16.7 Å². The van der Waals surface area contributed by atoms with Crippen molar-refractivity contribution in [3.8, 4) is 0 Å². The molecule has 1 aromatic rings. The Hall–Kier alpha value is -2.56. The number of nitrogens with one attached hydrogen (secondary N) is 1. The Morgan fingerprint density at radius 3 is 2.04 bits per heavy atom. The second kappa shape index (κ2) is 11.3. The van der Waals surface area contributed by atoms with Crippen LogP contribution in [0.5, 0.6) is 0 Å². The van der Waals surface area contributed by atoms with Crippen LogP contribution in [0.3, 0.4) is 0 Å². The summed E-state index contributed by atoms with van der Waals surface area (Å²) >= 11 is 0. The average Bonchev–Trinajstić information content (AvgIpc) is 2.63. The molecule has 0 fully saturated rings. The van der Waals surface area contributed by atoms with E-state index in [-0.39, 0.29) is 13.2 Å². The summed E-state index contributed by atoms with van der Waals surface area (Å²) in [5.41, 5.74) is 4.96. The van der Waals surface area contributed by atoms with Crippen LogP contribution in [0.25, 0.3) is 5.57 Å². The van der Waals surface area contributed by atoms with Crippen LogP contribution in [-0.4, -0.2) is 25.3 Å². The highest BCUT2D eigenvalue weighted by Gasteiger charge is 2.15. The Bertz CT molecular complexity index is 715. The van der Waals surface area contributed by atoms with Crippen LogP contribution in [0.1, 0.15) is 53.5 Å². The highest BCUT2D eigenvalue weighted by atomic mass is 16.6. The number of carbonyl (C=O) groups excluding carboxylic acids is 2. The summed E-state index contributed by atoms with van der Waals surface area (Å²) in [6.45, 7) is 16.1. The maximum atomic E-state index is 11.9. The number of anilines is 1. The van der Waals surface area contributed by atoms with E-state index in [1.54, 1.807) is 6.92 Å². The number of amides is 1. The molecule has 0 aliphatic rings. The minimum atomic E-state index is -0.588. The second-order valence-electron chi connectivity index (χ2n) is 7.36. The van der Waals surface area contributed by atoms with Crippen molar-refractivity contribution in [1.82, 2.24) is 0 Å². The van der Waals surface area contributed by atoms with Gasteiger partial charge in [-0.05, 0) is 48.4 Å². The Morgan fingerprint density at radius 2 is 1.57 bits per heavy atom. The Kier molecular flexibility index (Phi) is 9.49. The number of esters is 1. The maximum absolute atomic E-state index is 11.9. The van der Waals surface area contributed by atoms with Gasteiger partial charge in [-0.2, -0.15) is 0 Å². The van der Waals surface area contributed by atoms with E-state index < -0.39 is 12.1 Å². The van der Waals surface area contributed by atoms with Crippen molar-refractivity contribution in [1.29, 1.82) is 0 Å². The molecule has 0 radical (unpaired) electrons. The van der Waals surface area contributed by atoms with Gasteiger partial charge in [0, 0.05) is 11.3 Å². The number of hydrogen-bond donors (Lipinski definition) is 1. The molecule has 154 valence electrons. The fourth-order valence-electron chi connectivity index (χ4n) is 3.08. The normalized spacial score (nSPS) is 11.9. The number of benzene rings is 1. The van der Waals surface area contributed by atoms with Crippen molar-refractivity contribution in [2.24, 2.45) is 11.8 Å². The van der Waals surface area contributed by atoms with Gasteiger partial charge in [-0.25, -0.2) is 9.59 Å². The van der Waals surface area contributed by atoms with Gasteiger partial charge in [0.1, 0.15) is 13.2 Å². The average molecular weight is 388 g/mol. The molecule has 1 aromatic carbocycles. The van der Waals surface area contributed by atoms with Gasteiger partial charge in [-0.15, -0.1) is 0 Å². The van der Waals surface area contributed by atoms with Gasteiger partial charge in [-0.3, -0.25) is 5.32 Å². The Labute approximate surface area is 168 Å². The third-order valence-electron chi connectivity index (χ3n) is 4.34. The monoisotopic (exact) mass is 387 g/mol. The third-order valence-corrected chi connectivity index (χ3v) is 4.34. The zero-order valence-corrected chi connectivity index (χ0v) is 17.9. The zero-order chi connectivity index (χ0) is 21.3. The van der Waals surface area contributed by atoms with Crippen LogP contribution in [0.4, 0.5) is 10.5 Å². The molecule has 0 aliphatic carbocycles. The Balaban J connectivity index is 2.70. The molecule has 0 bridgehead atoms. The lowest BCUT2D eigenvalue weighted by molar-refractivity contribution is -0.139. The molecule has 1 amide bonds. The first kappa shape index (κ1) is 23.5. The van der Waals surface area contributed by atoms with Crippen molar-refractivity contribution >= 4 is 23.3 Å². The molecule has 0 aliphatic heterocycles. The Morgan fingerprint density at radius 1 is 1.00 bits per heavy atom. The molecule has 5 heteroatoms. The fraction of sp³-hybridized carbons (Fsp3) is 0.478. The van der Waals surface area contributed by atoms with Crippen LogP contribution < -0.4 is 5.32 Å². The number of allylic oxidation sites excluding steroid dienone is 2. The lowest BCUT2D eigenvalue weighted by atomic mass is 9.85. The lowest BCUT2D eigenvalue weighted by Crippen LogP contribution is -2.18. The summed E-state index contributed by atoms with van der Waals surface area (Å²) in [7, 11) is 0. The van der Waals surface area contributed by atoms with Crippen molar-refractivity contribution in [2.45, 2.75) is 48.0 Å². The van der Waals surface area contributed by atoms with E-state index in [1.807, 2.05) is 24.3 Å². The highest BCUT2D eigenvalue weighted by Crippen LogP contribution is 2.32. The summed E-state index contributed by atoms with van der Waals surface area (Å²) in [4.78, 5) is 23.1. The number of hydrogen-bond acceptors (Lipinski definition) is 4. The predicted octanol–water partition coefficient (Wildman–Crippen LogP) is 5.83. The zero-order valence-electron chi connectivity index (χ0n) is 17.9. The van der Waals surface area contributed by atoms with E-state index in [9.17, 15) is 9.59 Å². The third kappa shape index (κ3) is 7.22. The maximum Gasteiger partial charge on any atom is 0.411 e. The fourth-order valence-corrected chi connectivity index (χ4v) is 3.08. The van der Waals surface area contributed by atoms with Gasteiger partial charge in [0.2, 0.25) is 0 Å². The molecule has 0 unspecified atom stereocenters. The van der Waals surface area contributed by atoms with E-state index in [0.29, 0.717) is 23.1 Å². The van der Waals surface area contributed by atoms with Crippen LogP contribution >= 0.6 is 0 Å². The van der Waals surface area contributed by atoms with E-state index in [2.05, 4.69) is 46.5 Å². The quantitative estimate of drug-likeness (QED) is 0.329. The summed E-state index contributed by atoms with van der Waals surface area (Å²) in [6.07, 6.45) is 0.433. The van der Waals surface area contributed by atoms with Crippen molar-refractivity contribution in [3.63, 3.8) is 0 Å². The molecule has 0 spiro atoms. The smallest absolute Gasteiger partial charge is 0.411 e. The molecule has 0 saturated heterocycles. The molecule has 5 nitrogen and oxygen atoms in total. The molecule has 0 saturated carbocycles. The largest absolute Gasteiger partial charge is 0.459 e. The van der Waals surface area contributed by atoms with Gasteiger partial charge in [-0.1, -0.05) is 58.9 Å². The first-order valence-electron chi connectivity index (χ1n) is 9.77. The lowest BCUT2D eigenvalue weighted by Gasteiger charge is -2.21. The van der Waals surface area contributed by atoms with Crippen molar-refractivity contribution < 1.29 is 19.1 Å². The van der Waals surface area contributed by atoms with Gasteiger partial charge in [0.25, 0.3) is 0 Å².